The van der Waals surface area contributed by atoms with E-state index in [1.807, 2.05) is 19.9 Å². The summed E-state index contributed by atoms with van der Waals surface area (Å²) in [6.45, 7) is 4.10. The zero-order valence-corrected chi connectivity index (χ0v) is 15.8. The van der Waals surface area contributed by atoms with Crippen molar-refractivity contribution in [1.82, 2.24) is 5.32 Å². The Kier molecular flexibility index (Phi) is 5.32. The van der Waals surface area contributed by atoms with Gasteiger partial charge in [-0.25, -0.2) is 8.42 Å². The first kappa shape index (κ1) is 18.7. The molecule has 2 aromatic carbocycles. The van der Waals surface area contributed by atoms with Crippen molar-refractivity contribution >= 4 is 21.6 Å². The van der Waals surface area contributed by atoms with Crippen LogP contribution in [0.4, 0.5) is 5.69 Å². The Morgan fingerprint density at radius 1 is 1.00 bits per heavy atom. The van der Waals surface area contributed by atoms with Crippen molar-refractivity contribution in [3.8, 4) is 0 Å². The number of carbonyl (C=O) groups is 1. The molecule has 3 rings (SSSR count). The molecule has 0 unspecified atom stereocenters. The van der Waals surface area contributed by atoms with E-state index < -0.39 is 10.0 Å². The van der Waals surface area contributed by atoms with Gasteiger partial charge in [0, 0.05) is 11.3 Å². The molecule has 6 nitrogen and oxygen atoms in total. The molecule has 0 spiro atoms. The molecule has 0 saturated carbocycles. The van der Waals surface area contributed by atoms with Crippen LogP contribution in [0.2, 0.25) is 0 Å². The fourth-order valence-corrected chi connectivity index (χ4v) is 3.60. The molecule has 7 heteroatoms. The molecular formula is C20H20N2O4S. The summed E-state index contributed by atoms with van der Waals surface area (Å²) in [4.78, 5) is 12.3. The van der Waals surface area contributed by atoms with E-state index in [4.69, 9.17) is 4.42 Å². The summed E-state index contributed by atoms with van der Waals surface area (Å²) in [5.41, 5.74) is 2.80. The molecule has 0 fully saturated rings. The molecule has 0 aliphatic heterocycles. The topological polar surface area (TPSA) is 88.4 Å². The molecular weight excluding hydrogens is 364 g/mol. The molecule has 1 amide bonds. The maximum Gasteiger partial charge on any atom is 0.261 e. The van der Waals surface area contributed by atoms with Gasteiger partial charge < -0.3 is 9.73 Å². The Labute approximate surface area is 158 Å². The van der Waals surface area contributed by atoms with Crippen molar-refractivity contribution in [2.24, 2.45) is 0 Å². The van der Waals surface area contributed by atoms with Crippen LogP contribution in [-0.2, 0) is 16.6 Å². The van der Waals surface area contributed by atoms with Crippen molar-refractivity contribution in [3.63, 3.8) is 0 Å². The van der Waals surface area contributed by atoms with E-state index in [2.05, 4.69) is 10.0 Å². The third kappa shape index (κ3) is 4.57. The lowest BCUT2D eigenvalue weighted by atomic mass is 10.1. The maximum absolute atomic E-state index is 12.7. The molecule has 2 N–H and O–H groups in total. The van der Waals surface area contributed by atoms with E-state index in [1.165, 1.54) is 24.5 Å². The Bertz CT molecular complexity index is 1060. The van der Waals surface area contributed by atoms with E-state index in [-0.39, 0.29) is 22.9 Å². The highest BCUT2D eigenvalue weighted by Crippen LogP contribution is 2.20. The minimum absolute atomic E-state index is 0.0198. The van der Waals surface area contributed by atoms with Crippen LogP contribution >= 0.6 is 0 Å². The SMILES string of the molecule is Cc1ccc(NS(=O)(=O)c2cccc(C(=O)NCc3ccco3)c2)cc1C. The van der Waals surface area contributed by atoms with E-state index in [1.54, 1.807) is 30.3 Å². The number of aryl methyl sites for hydroxylation is 2. The predicted octanol–water partition coefficient (Wildman–Crippen LogP) is 3.63. The summed E-state index contributed by atoms with van der Waals surface area (Å²) < 4.78 is 33.0. The number of sulfonamides is 1. The number of carbonyl (C=O) groups excluding carboxylic acids is 1. The fraction of sp³-hybridized carbons (Fsp3) is 0.150. The summed E-state index contributed by atoms with van der Waals surface area (Å²) >= 11 is 0. The van der Waals surface area contributed by atoms with Crippen molar-refractivity contribution in [2.75, 3.05) is 4.72 Å². The monoisotopic (exact) mass is 384 g/mol. The molecule has 0 atom stereocenters. The van der Waals surface area contributed by atoms with Crippen molar-refractivity contribution in [3.05, 3.63) is 83.3 Å². The Hall–Kier alpha value is -3.06. The molecule has 1 aromatic heterocycles. The van der Waals surface area contributed by atoms with Crippen molar-refractivity contribution < 1.29 is 17.6 Å². The highest BCUT2D eigenvalue weighted by Gasteiger charge is 2.17. The lowest BCUT2D eigenvalue weighted by Gasteiger charge is -2.11. The highest BCUT2D eigenvalue weighted by molar-refractivity contribution is 7.92. The van der Waals surface area contributed by atoms with Gasteiger partial charge >= 0.3 is 0 Å². The number of amides is 1. The van der Waals surface area contributed by atoms with Gasteiger partial charge in [-0.2, -0.15) is 0 Å². The summed E-state index contributed by atoms with van der Waals surface area (Å²) in [5, 5.41) is 2.70. The molecule has 27 heavy (non-hydrogen) atoms. The second-order valence-electron chi connectivity index (χ2n) is 6.19. The molecule has 0 aliphatic carbocycles. The molecule has 0 aliphatic rings. The largest absolute Gasteiger partial charge is 0.467 e. The Balaban J connectivity index is 1.76. The van der Waals surface area contributed by atoms with E-state index in [0.29, 0.717) is 11.4 Å². The number of hydrogen-bond acceptors (Lipinski definition) is 4. The number of furan rings is 1. The van der Waals surface area contributed by atoms with Gasteiger partial charge in [-0.1, -0.05) is 12.1 Å². The second kappa shape index (κ2) is 7.67. The van der Waals surface area contributed by atoms with Gasteiger partial charge in [0.15, 0.2) is 0 Å². The minimum atomic E-state index is -3.81. The number of anilines is 1. The first-order chi connectivity index (χ1) is 12.8. The minimum Gasteiger partial charge on any atom is -0.467 e. The summed E-state index contributed by atoms with van der Waals surface area (Å²) in [7, 11) is -3.81. The fourth-order valence-electron chi connectivity index (χ4n) is 2.51. The smallest absolute Gasteiger partial charge is 0.261 e. The third-order valence-corrected chi connectivity index (χ3v) is 5.55. The predicted molar refractivity (Wildman–Crippen MR) is 103 cm³/mol. The van der Waals surface area contributed by atoms with Crippen molar-refractivity contribution in [1.29, 1.82) is 0 Å². The highest BCUT2D eigenvalue weighted by atomic mass is 32.2. The lowest BCUT2D eigenvalue weighted by molar-refractivity contribution is 0.0948. The number of nitrogens with one attached hydrogen (secondary N) is 2. The van der Waals surface area contributed by atoms with Gasteiger partial charge in [-0.05, 0) is 67.4 Å². The first-order valence-electron chi connectivity index (χ1n) is 8.36. The van der Waals surface area contributed by atoms with Crippen LogP contribution in [0.1, 0.15) is 27.2 Å². The normalized spacial score (nSPS) is 11.2. The lowest BCUT2D eigenvalue weighted by Crippen LogP contribution is -2.23. The van der Waals surface area contributed by atoms with Crippen molar-refractivity contribution in [2.45, 2.75) is 25.3 Å². The van der Waals surface area contributed by atoms with Gasteiger partial charge in [0.1, 0.15) is 5.76 Å². The van der Waals surface area contributed by atoms with Crippen LogP contribution in [0.15, 0.2) is 70.2 Å². The van der Waals surface area contributed by atoms with Gasteiger partial charge in [-0.3, -0.25) is 9.52 Å². The molecule has 3 aromatic rings. The Morgan fingerprint density at radius 2 is 1.81 bits per heavy atom. The number of rotatable bonds is 6. The second-order valence-corrected chi connectivity index (χ2v) is 7.88. The number of hydrogen-bond donors (Lipinski definition) is 2. The van der Waals surface area contributed by atoms with Crippen LogP contribution < -0.4 is 10.0 Å². The third-order valence-electron chi connectivity index (χ3n) is 4.17. The summed E-state index contributed by atoms with van der Waals surface area (Å²) in [6, 6.07) is 14.7. The van der Waals surface area contributed by atoms with Crippen LogP contribution in [0, 0.1) is 13.8 Å². The quantitative estimate of drug-likeness (QED) is 0.679. The van der Waals surface area contributed by atoms with Gasteiger partial charge in [-0.15, -0.1) is 0 Å². The molecule has 0 bridgehead atoms. The molecule has 1 heterocycles. The zero-order chi connectivity index (χ0) is 19.4. The zero-order valence-electron chi connectivity index (χ0n) is 15.0. The van der Waals surface area contributed by atoms with E-state index in [0.717, 1.165) is 11.1 Å². The van der Waals surface area contributed by atoms with Gasteiger partial charge in [0.05, 0.1) is 17.7 Å². The van der Waals surface area contributed by atoms with Crippen LogP contribution in [0.5, 0.6) is 0 Å². The van der Waals surface area contributed by atoms with Crippen LogP contribution in [-0.4, -0.2) is 14.3 Å². The van der Waals surface area contributed by atoms with Crippen LogP contribution in [0.25, 0.3) is 0 Å². The molecule has 140 valence electrons. The molecule has 0 saturated heterocycles. The maximum atomic E-state index is 12.7. The summed E-state index contributed by atoms with van der Waals surface area (Å²) in [6.07, 6.45) is 1.52. The van der Waals surface area contributed by atoms with Gasteiger partial charge in [0.25, 0.3) is 15.9 Å². The summed E-state index contributed by atoms with van der Waals surface area (Å²) in [5.74, 6) is 0.234. The Morgan fingerprint density at radius 3 is 2.52 bits per heavy atom. The van der Waals surface area contributed by atoms with E-state index >= 15 is 0 Å². The molecule has 0 radical (unpaired) electrons. The first-order valence-corrected chi connectivity index (χ1v) is 9.84. The average Bonchev–Trinajstić information content (AvgIpc) is 3.16. The van der Waals surface area contributed by atoms with Crippen LogP contribution in [0.3, 0.4) is 0 Å². The van der Waals surface area contributed by atoms with E-state index in [9.17, 15) is 13.2 Å². The number of benzene rings is 2. The average molecular weight is 384 g/mol. The standard InChI is InChI=1S/C20H20N2O4S/c1-14-8-9-17(11-15(14)2)22-27(24,25)19-7-3-5-16(12-19)20(23)21-13-18-6-4-10-26-18/h3-12,22H,13H2,1-2H3,(H,21,23). The van der Waals surface area contributed by atoms with Gasteiger partial charge in [0.2, 0.25) is 0 Å².